The zero-order valence-electron chi connectivity index (χ0n) is 18.5. The molecule has 0 aliphatic carbocycles. The number of aromatic amines is 1. The second kappa shape index (κ2) is 16.9. The molecule has 1 atom stereocenters. The smallest absolute Gasteiger partial charge is 0.407 e. The first-order valence-electron chi connectivity index (χ1n) is 9.38. The number of halogens is 1. The molecule has 1 rings (SSSR count). The van der Waals surface area contributed by atoms with E-state index in [2.05, 4.69) is 42.6 Å². The lowest BCUT2D eigenvalue weighted by Gasteiger charge is -2.23. The third kappa shape index (κ3) is 14.1. The first-order valence-corrected chi connectivity index (χ1v) is 11.5. The summed E-state index contributed by atoms with van der Waals surface area (Å²) in [7, 11) is 1.13. The summed E-state index contributed by atoms with van der Waals surface area (Å²) in [6.07, 6.45) is 4.12. The third-order valence-corrected chi connectivity index (χ3v) is 3.38. The highest BCUT2D eigenvalue weighted by molar-refractivity contribution is 14.1. The molecule has 1 aromatic heterocycles. The Balaban J connectivity index is 0. The lowest BCUT2D eigenvalue weighted by molar-refractivity contribution is 0.0498. The van der Waals surface area contributed by atoms with Crippen LogP contribution in [0.2, 0.25) is 0 Å². The van der Waals surface area contributed by atoms with Crippen LogP contribution in [0.1, 0.15) is 63.9 Å². The number of aromatic nitrogens is 2. The minimum absolute atomic E-state index is 0.140. The summed E-state index contributed by atoms with van der Waals surface area (Å²) in [6, 6.07) is 0.140. The molecule has 0 fully saturated rings. The van der Waals surface area contributed by atoms with Gasteiger partial charge in [0.05, 0.1) is 13.4 Å². The summed E-state index contributed by atoms with van der Waals surface area (Å²) < 4.78 is 9.43. The molecule has 10 nitrogen and oxygen atoms in total. The van der Waals surface area contributed by atoms with Gasteiger partial charge in [0.1, 0.15) is 5.60 Å². The number of methoxy groups -OCH3 is 1. The number of carbonyl (C=O) groups excluding carboxylic acids is 2. The van der Waals surface area contributed by atoms with Crippen molar-refractivity contribution in [2.45, 2.75) is 65.0 Å². The number of carbonyl (C=O) groups is 2. The monoisotopic (exact) mass is 543 g/mol. The van der Waals surface area contributed by atoms with E-state index < -0.39 is 22.9 Å². The summed E-state index contributed by atoms with van der Waals surface area (Å²) in [5.41, 5.74) is -1.61. The van der Waals surface area contributed by atoms with Gasteiger partial charge in [-0.05, 0) is 51.4 Å². The van der Waals surface area contributed by atoms with Crippen LogP contribution >= 0.6 is 22.6 Å². The van der Waals surface area contributed by atoms with Crippen molar-refractivity contribution in [3.8, 4) is 5.75 Å². The van der Waals surface area contributed by atoms with Gasteiger partial charge in [-0.3, -0.25) is 4.79 Å². The highest BCUT2D eigenvalue weighted by Gasteiger charge is 2.18. The number of H-pyrrole nitrogens is 1. The minimum Gasteiger partial charge on any atom is -0.501 e. The Morgan fingerprint density at radius 2 is 1.90 bits per heavy atom. The van der Waals surface area contributed by atoms with Gasteiger partial charge < -0.3 is 30.0 Å². The number of hydrogen-bond acceptors (Lipinski definition) is 8. The largest absolute Gasteiger partial charge is 0.501 e. The average molecular weight is 543 g/mol. The number of alkyl halides is 1. The number of aromatic hydroxyl groups is 1. The van der Waals surface area contributed by atoms with E-state index in [9.17, 15) is 14.4 Å². The van der Waals surface area contributed by atoms with Gasteiger partial charge in [0, 0.05) is 12.6 Å². The van der Waals surface area contributed by atoms with E-state index in [4.69, 9.17) is 14.9 Å². The number of alkyl carbamates (subject to hydrolysis) is 1. The second-order valence-electron chi connectivity index (χ2n) is 6.89. The summed E-state index contributed by atoms with van der Waals surface area (Å²) in [6.45, 7) is 7.78. The Bertz CT molecular complexity index is 675. The first-order chi connectivity index (χ1) is 14.1. The maximum Gasteiger partial charge on any atom is 0.407 e. The molecule has 1 unspecified atom stereocenters. The molecular weight excluding hydrogens is 509 g/mol. The summed E-state index contributed by atoms with van der Waals surface area (Å²) in [5, 5.41) is 20.5. The number of rotatable bonds is 7. The van der Waals surface area contributed by atoms with Gasteiger partial charge in [0.25, 0.3) is 5.56 Å². The number of nitrogens with zero attached hydrogens (tertiary/aromatic N) is 1. The highest BCUT2D eigenvalue weighted by atomic mass is 127. The zero-order valence-corrected chi connectivity index (χ0v) is 20.6. The maximum atomic E-state index is 11.5. The molecule has 0 spiro atoms. The van der Waals surface area contributed by atoms with Crippen molar-refractivity contribution in [2.24, 2.45) is 0 Å². The van der Waals surface area contributed by atoms with E-state index in [0.29, 0.717) is 0 Å². The van der Waals surface area contributed by atoms with Crippen LogP contribution in [0.5, 0.6) is 5.75 Å². The molecule has 1 amide bonds. The Hall–Kier alpha value is -1.89. The molecule has 0 aromatic carbocycles. The van der Waals surface area contributed by atoms with Gasteiger partial charge in [-0.1, -0.05) is 29.5 Å². The number of hydrogen-bond donors (Lipinski definition) is 4. The van der Waals surface area contributed by atoms with E-state index in [-0.39, 0.29) is 24.4 Å². The molecule has 0 saturated carbocycles. The number of amides is 1. The summed E-state index contributed by atoms with van der Waals surface area (Å²) in [4.78, 5) is 40.5. The first kappa shape index (κ1) is 30.3. The number of aliphatic hydroxyl groups is 1. The molecule has 11 heteroatoms. The number of esters is 1. The number of aliphatic hydroxyl groups excluding tert-OH is 1. The normalized spacial score (nSPS) is 11.1. The Kier molecular flexibility index (Phi) is 17.0. The summed E-state index contributed by atoms with van der Waals surface area (Å²) in [5.74, 6) is -1.58. The van der Waals surface area contributed by atoms with Crippen LogP contribution < -0.4 is 10.9 Å². The van der Waals surface area contributed by atoms with Gasteiger partial charge in [0.15, 0.2) is 5.69 Å². The van der Waals surface area contributed by atoms with E-state index in [1.165, 1.54) is 0 Å². The second-order valence-corrected chi connectivity index (χ2v) is 6.89. The summed E-state index contributed by atoms with van der Waals surface area (Å²) >= 11 is 2.15. The molecule has 30 heavy (non-hydrogen) atoms. The number of unbranched alkanes of at least 4 members (excludes halogenated alkanes) is 1. The van der Waals surface area contributed by atoms with Crippen LogP contribution in [0.4, 0.5) is 4.79 Å². The molecule has 174 valence electrons. The molecule has 4 N–H and O–H groups in total. The van der Waals surface area contributed by atoms with Crippen molar-refractivity contribution < 1.29 is 29.3 Å². The molecule has 0 bridgehead atoms. The lowest BCUT2D eigenvalue weighted by atomic mass is 10.1. The van der Waals surface area contributed by atoms with Gasteiger partial charge in [-0.15, -0.1) is 0 Å². The van der Waals surface area contributed by atoms with Gasteiger partial charge in [-0.2, -0.15) is 0 Å². The van der Waals surface area contributed by atoms with Crippen molar-refractivity contribution in [1.29, 1.82) is 0 Å². The Morgan fingerprint density at radius 1 is 1.30 bits per heavy atom. The van der Waals surface area contributed by atoms with Crippen LogP contribution in [0.15, 0.2) is 11.1 Å². The fourth-order valence-electron chi connectivity index (χ4n) is 1.99. The van der Waals surface area contributed by atoms with Crippen LogP contribution in [0, 0.1) is 0 Å². The molecule has 0 radical (unpaired) electrons. The van der Waals surface area contributed by atoms with Gasteiger partial charge >= 0.3 is 12.1 Å². The van der Waals surface area contributed by atoms with E-state index in [1.54, 1.807) is 0 Å². The van der Waals surface area contributed by atoms with Crippen molar-refractivity contribution >= 4 is 34.7 Å². The van der Waals surface area contributed by atoms with Crippen LogP contribution in [0.25, 0.3) is 0 Å². The van der Waals surface area contributed by atoms with E-state index >= 15 is 0 Å². The zero-order chi connectivity index (χ0) is 23.7. The molecule has 0 aliphatic rings. The molecule has 1 heterocycles. The third-order valence-electron chi connectivity index (χ3n) is 3.38. The fraction of sp³-hybridized carbons (Fsp3) is 0.684. The van der Waals surface area contributed by atoms with Gasteiger partial charge in [-0.25, -0.2) is 14.6 Å². The molecular formula is C19H34IN3O7. The highest BCUT2D eigenvalue weighted by Crippen LogP contribution is 2.09. The quantitative estimate of drug-likeness (QED) is 0.177. The minimum atomic E-state index is -0.849. The Morgan fingerprint density at radius 3 is 2.37 bits per heavy atom. The number of nitrogens with one attached hydrogen (secondary N) is 2. The Labute approximate surface area is 190 Å². The standard InChI is InChI=1S/C12H25NO3.C6H6N2O4.CH3I/c1-5-10(8-6-7-9-14)13-11(15)16-12(2,3)4;1-12-6(11)3-4(9)5(10)8-2-7-3;1-2/h10,14H,5-9H2,1-4H3,(H,13,15);2,9H,1H3,(H,7,8,10);1H3. The lowest BCUT2D eigenvalue weighted by Crippen LogP contribution is -2.38. The maximum absolute atomic E-state index is 11.5. The van der Waals surface area contributed by atoms with Crippen molar-refractivity contribution in [3.63, 3.8) is 0 Å². The molecule has 1 aromatic rings. The van der Waals surface area contributed by atoms with Crippen LogP contribution in [-0.4, -0.2) is 62.5 Å². The fourth-order valence-corrected chi connectivity index (χ4v) is 1.99. The van der Waals surface area contributed by atoms with Crippen molar-refractivity contribution in [1.82, 2.24) is 15.3 Å². The van der Waals surface area contributed by atoms with Crippen molar-refractivity contribution in [3.05, 3.63) is 22.4 Å². The predicted molar refractivity (Wildman–Crippen MR) is 122 cm³/mol. The molecule has 0 saturated heterocycles. The predicted octanol–water partition coefficient (Wildman–Crippen LogP) is 2.77. The molecule has 0 aliphatic heterocycles. The van der Waals surface area contributed by atoms with E-state index in [0.717, 1.165) is 39.1 Å². The topological polar surface area (TPSA) is 151 Å². The number of ether oxygens (including phenoxy) is 2. The van der Waals surface area contributed by atoms with Crippen molar-refractivity contribution in [2.75, 3.05) is 18.6 Å². The van der Waals surface area contributed by atoms with Gasteiger partial charge in [0.2, 0.25) is 5.75 Å². The average Bonchev–Trinajstić information content (AvgIpc) is 2.69. The SMILES string of the molecule is CCC(CCCCO)NC(=O)OC(C)(C)C.CI.COC(=O)c1nc[nH]c(=O)c1O. The van der Waals surface area contributed by atoms with Crippen LogP contribution in [-0.2, 0) is 9.47 Å². The van der Waals surface area contributed by atoms with Crippen LogP contribution in [0.3, 0.4) is 0 Å². The van der Waals surface area contributed by atoms with E-state index in [1.807, 2.05) is 32.6 Å².